The van der Waals surface area contributed by atoms with E-state index in [1.807, 2.05) is 0 Å². The summed E-state index contributed by atoms with van der Waals surface area (Å²) in [6.07, 6.45) is 0.844. The Balaban J connectivity index is 2.69. The Bertz CT molecular complexity index is 184. The molecule has 0 fully saturated rings. The van der Waals surface area contributed by atoms with Crippen molar-refractivity contribution in [2.75, 3.05) is 12.3 Å². The van der Waals surface area contributed by atoms with E-state index in [1.165, 1.54) is 0 Å². The molecule has 0 aromatic carbocycles. The molecule has 3 nitrogen and oxygen atoms in total. The molecule has 0 aliphatic rings. The van der Waals surface area contributed by atoms with Crippen LogP contribution >= 0.6 is 11.3 Å². The second kappa shape index (κ2) is 2.80. The first kappa shape index (κ1) is 6.51. The summed E-state index contributed by atoms with van der Waals surface area (Å²) in [5.41, 5.74) is 12.5. The average Bonchev–Trinajstić information content (AvgIpc) is 2.18. The number of thiazole rings is 1. The van der Waals surface area contributed by atoms with Gasteiger partial charge in [0.1, 0.15) is 5.82 Å². The summed E-state index contributed by atoms with van der Waals surface area (Å²) < 4.78 is 0. The summed E-state index contributed by atoms with van der Waals surface area (Å²) in [4.78, 5) is 4.97. The standard InChI is InChI=1S/C5H9N3S/c6-2-1-4-5(7)8-3-9-4/h3H,1-2,6-7H2. The summed E-state index contributed by atoms with van der Waals surface area (Å²) in [6.45, 7) is 0.645. The second-order valence-corrected chi connectivity index (χ2v) is 2.64. The van der Waals surface area contributed by atoms with Gasteiger partial charge < -0.3 is 11.5 Å². The minimum atomic E-state index is 0.630. The van der Waals surface area contributed by atoms with Gasteiger partial charge in [-0.1, -0.05) is 0 Å². The minimum Gasteiger partial charge on any atom is -0.383 e. The van der Waals surface area contributed by atoms with E-state index in [9.17, 15) is 0 Å². The van der Waals surface area contributed by atoms with Crippen LogP contribution in [-0.4, -0.2) is 11.5 Å². The molecule has 0 unspecified atom stereocenters. The molecule has 1 aromatic rings. The van der Waals surface area contributed by atoms with Crippen molar-refractivity contribution in [3.05, 3.63) is 10.4 Å². The Labute approximate surface area is 57.7 Å². The summed E-state index contributed by atoms with van der Waals surface area (Å²) in [7, 11) is 0. The minimum absolute atomic E-state index is 0.630. The monoisotopic (exact) mass is 143 g/mol. The number of anilines is 1. The van der Waals surface area contributed by atoms with Crippen molar-refractivity contribution < 1.29 is 0 Å². The fourth-order valence-electron chi connectivity index (χ4n) is 0.597. The maximum absolute atomic E-state index is 5.47. The Hall–Kier alpha value is -0.610. The molecule has 1 rings (SSSR count). The molecule has 0 spiro atoms. The fraction of sp³-hybridized carbons (Fsp3) is 0.400. The van der Waals surface area contributed by atoms with E-state index in [-0.39, 0.29) is 0 Å². The van der Waals surface area contributed by atoms with Crippen molar-refractivity contribution in [2.45, 2.75) is 6.42 Å². The summed E-state index contributed by atoms with van der Waals surface area (Å²) in [5, 5.41) is 0. The van der Waals surface area contributed by atoms with Crippen LogP contribution in [0.2, 0.25) is 0 Å². The molecule has 9 heavy (non-hydrogen) atoms. The highest BCUT2D eigenvalue weighted by atomic mass is 32.1. The zero-order valence-corrected chi connectivity index (χ0v) is 5.82. The van der Waals surface area contributed by atoms with E-state index >= 15 is 0 Å². The van der Waals surface area contributed by atoms with Crippen LogP contribution in [-0.2, 0) is 6.42 Å². The van der Waals surface area contributed by atoms with Gasteiger partial charge in [0.25, 0.3) is 0 Å². The molecule has 0 atom stereocenters. The SMILES string of the molecule is NCCc1scnc1N. The number of nitrogens with two attached hydrogens (primary N) is 2. The summed E-state index contributed by atoms with van der Waals surface area (Å²) >= 11 is 1.56. The van der Waals surface area contributed by atoms with Crippen molar-refractivity contribution in [1.29, 1.82) is 0 Å². The molecule has 0 aliphatic heterocycles. The van der Waals surface area contributed by atoms with Crippen LogP contribution in [0.3, 0.4) is 0 Å². The van der Waals surface area contributed by atoms with E-state index in [0.29, 0.717) is 12.4 Å². The number of hydrogen-bond donors (Lipinski definition) is 2. The number of rotatable bonds is 2. The lowest BCUT2D eigenvalue weighted by Gasteiger charge is -1.90. The number of hydrogen-bond acceptors (Lipinski definition) is 4. The quantitative estimate of drug-likeness (QED) is 0.622. The molecular weight excluding hydrogens is 134 g/mol. The smallest absolute Gasteiger partial charge is 0.137 e. The van der Waals surface area contributed by atoms with E-state index in [2.05, 4.69) is 4.98 Å². The third-order valence-electron chi connectivity index (χ3n) is 1.04. The van der Waals surface area contributed by atoms with Crippen molar-refractivity contribution in [2.24, 2.45) is 5.73 Å². The Morgan fingerprint density at radius 3 is 2.89 bits per heavy atom. The highest BCUT2D eigenvalue weighted by molar-refractivity contribution is 7.10. The lowest BCUT2D eigenvalue weighted by molar-refractivity contribution is 0.987. The van der Waals surface area contributed by atoms with Gasteiger partial charge in [0.2, 0.25) is 0 Å². The van der Waals surface area contributed by atoms with Crippen molar-refractivity contribution in [1.82, 2.24) is 4.98 Å². The molecule has 1 heterocycles. The highest BCUT2D eigenvalue weighted by Crippen LogP contribution is 2.14. The van der Waals surface area contributed by atoms with E-state index in [0.717, 1.165) is 11.3 Å². The maximum Gasteiger partial charge on any atom is 0.137 e. The van der Waals surface area contributed by atoms with Crippen molar-refractivity contribution in [3.8, 4) is 0 Å². The van der Waals surface area contributed by atoms with E-state index < -0.39 is 0 Å². The Morgan fingerprint density at radius 1 is 1.67 bits per heavy atom. The molecule has 50 valence electrons. The lowest BCUT2D eigenvalue weighted by atomic mass is 10.4. The predicted molar refractivity (Wildman–Crippen MR) is 39.3 cm³/mol. The lowest BCUT2D eigenvalue weighted by Crippen LogP contribution is -2.03. The average molecular weight is 143 g/mol. The molecular formula is C5H9N3S. The Morgan fingerprint density at radius 2 is 2.44 bits per heavy atom. The van der Waals surface area contributed by atoms with Gasteiger partial charge >= 0.3 is 0 Å². The van der Waals surface area contributed by atoms with Crippen LogP contribution < -0.4 is 11.5 Å². The van der Waals surface area contributed by atoms with E-state index in [1.54, 1.807) is 16.8 Å². The van der Waals surface area contributed by atoms with Crippen LogP contribution in [0.5, 0.6) is 0 Å². The normalized spacial score (nSPS) is 9.89. The molecule has 1 aromatic heterocycles. The van der Waals surface area contributed by atoms with Crippen molar-refractivity contribution in [3.63, 3.8) is 0 Å². The van der Waals surface area contributed by atoms with Gasteiger partial charge in [-0.3, -0.25) is 0 Å². The predicted octanol–water partition coefficient (Wildman–Crippen LogP) is 0.226. The van der Waals surface area contributed by atoms with Gasteiger partial charge in [-0.25, -0.2) is 4.98 Å². The van der Waals surface area contributed by atoms with Gasteiger partial charge in [-0.15, -0.1) is 11.3 Å². The van der Waals surface area contributed by atoms with Gasteiger partial charge in [-0.2, -0.15) is 0 Å². The van der Waals surface area contributed by atoms with Crippen LogP contribution in [0.4, 0.5) is 5.82 Å². The first-order valence-corrected chi connectivity index (χ1v) is 3.60. The molecule has 0 radical (unpaired) electrons. The maximum atomic E-state index is 5.47. The van der Waals surface area contributed by atoms with Crippen LogP contribution in [0.25, 0.3) is 0 Å². The summed E-state index contributed by atoms with van der Waals surface area (Å²) in [6, 6.07) is 0. The summed E-state index contributed by atoms with van der Waals surface area (Å²) in [5.74, 6) is 0.630. The van der Waals surface area contributed by atoms with Crippen LogP contribution in [0, 0.1) is 0 Å². The molecule has 0 bridgehead atoms. The number of nitrogens with zero attached hydrogens (tertiary/aromatic N) is 1. The molecule has 4 heteroatoms. The van der Waals surface area contributed by atoms with Gasteiger partial charge in [-0.05, 0) is 13.0 Å². The molecule has 0 aliphatic carbocycles. The number of aromatic nitrogens is 1. The molecule has 0 amide bonds. The second-order valence-electron chi connectivity index (χ2n) is 1.70. The molecule has 0 saturated heterocycles. The largest absolute Gasteiger partial charge is 0.383 e. The van der Waals surface area contributed by atoms with E-state index in [4.69, 9.17) is 11.5 Å². The van der Waals surface area contributed by atoms with Gasteiger partial charge in [0, 0.05) is 4.88 Å². The molecule has 0 saturated carbocycles. The third kappa shape index (κ3) is 1.40. The van der Waals surface area contributed by atoms with Gasteiger partial charge in [0.15, 0.2) is 0 Å². The highest BCUT2D eigenvalue weighted by Gasteiger charge is 1.98. The van der Waals surface area contributed by atoms with Crippen LogP contribution in [0.1, 0.15) is 4.88 Å². The van der Waals surface area contributed by atoms with Crippen LogP contribution in [0.15, 0.2) is 5.51 Å². The third-order valence-corrected chi connectivity index (χ3v) is 1.95. The topological polar surface area (TPSA) is 64.9 Å². The van der Waals surface area contributed by atoms with Crippen molar-refractivity contribution >= 4 is 17.2 Å². The van der Waals surface area contributed by atoms with Gasteiger partial charge in [0.05, 0.1) is 5.51 Å². The number of nitrogen functional groups attached to an aromatic ring is 1. The fourth-order valence-corrected chi connectivity index (χ4v) is 1.30. The Kier molecular flexibility index (Phi) is 2.02. The zero-order valence-electron chi connectivity index (χ0n) is 5.00. The zero-order chi connectivity index (χ0) is 6.69. The first-order valence-electron chi connectivity index (χ1n) is 2.72. The molecule has 4 N–H and O–H groups in total. The first-order chi connectivity index (χ1) is 4.34.